The molecule has 7 heteroatoms. The van der Waals surface area contributed by atoms with E-state index >= 15 is 0 Å². The van der Waals surface area contributed by atoms with Crippen LogP contribution in [-0.2, 0) is 11.3 Å². The van der Waals surface area contributed by atoms with Gasteiger partial charge in [-0.1, -0.05) is 36.1 Å². The van der Waals surface area contributed by atoms with Gasteiger partial charge in [0.05, 0.1) is 6.10 Å². The van der Waals surface area contributed by atoms with E-state index in [0.717, 1.165) is 17.7 Å². The zero-order valence-corrected chi connectivity index (χ0v) is 17.8. The zero-order chi connectivity index (χ0) is 22.9. The largest absolute Gasteiger partial charge is 0.391 e. The molecule has 7 nitrogen and oxygen atoms in total. The first kappa shape index (κ1) is 23.2. The molecule has 0 aromatic heterocycles. The van der Waals surface area contributed by atoms with Crippen molar-refractivity contribution in [2.75, 3.05) is 0 Å². The highest BCUT2D eigenvalue weighted by Gasteiger charge is 2.25. The molecule has 0 heterocycles. The molecule has 0 unspecified atom stereocenters. The first-order chi connectivity index (χ1) is 15.5. The Morgan fingerprint density at radius 3 is 2.41 bits per heavy atom. The number of hydroxylamine groups is 1. The van der Waals surface area contributed by atoms with E-state index in [2.05, 4.69) is 46.7 Å². The highest BCUT2D eigenvalue weighted by atomic mass is 16.5. The van der Waals surface area contributed by atoms with Gasteiger partial charge in [-0.2, -0.15) is 0 Å². The summed E-state index contributed by atoms with van der Waals surface area (Å²) in [6.07, 6.45) is 5.11. The van der Waals surface area contributed by atoms with Gasteiger partial charge < -0.3 is 15.7 Å². The van der Waals surface area contributed by atoms with Gasteiger partial charge in [0.1, 0.15) is 6.04 Å². The van der Waals surface area contributed by atoms with Crippen molar-refractivity contribution < 1.29 is 19.9 Å². The van der Waals surface area contributed by atoms with Crippen molar-refractivity contribution in [3.8, 4) is 11.8 Å². The van der Waals surface area contributed by atoms with Crippen LogP contribution in [0.5, 0.6) is 0 Å². The fourth-order valence-corrected chi connectivity index (χ4v) is 2.96. The molecule has 0 aliphatic heterocycles. The average molecular weight is 434 g/mol. The fourth-order valence-electron chi connectivity index (χ4n) is 2.96. The molecule has 0 spiro atoms. The summed E-state index contributed by atoms with van der Waals surface area (Å²) >= 11 is 0. The van der Waals surface area contributed by atoms with Crippen LogP contribution >= 0.6 is 0 Å². The number of allylic oxidation sites excluding steroid dienone is 1. The second kappa shape index (κ2) is 11.3. The Bertz CT molecular complexity index is 1010. The predicted octanol–water partition coefficient (Wildman–Crippen LogP) is 1.99. The predicted molar refractivity (Wildman–Crippen MR) is 122 cm³/mol. The van der Waals surface area contributed by atoms with Crippen LogP contribution in [0.15, 0.2) is 54.6 Å². The number of carbonyl (C=O) groups excluding carboxylic acids is 2. The summed E-state index contributed by atoms with van der Waals surface area (Å²) in [5.74, 6) is 4.53. The van der Waals surface area contributed by atoms with Crippen molar-refractivity contribution in [2.45, 2.75) is 44.5 Å². The lowest BCUT2D eigenvalue weighted by Crippen LogP contribution is -2.51. The standard InChI is InChI=1S/C25H27N3O4/c1-17(29)23(25(31)28-32)27-24(30)21-12-10-19(11-13-21)5-3-2-4-18-6-8-20(9-7-18)16-26-22-14-15-22/h2,4,6-13,17,22-23,26,29,32H,14-16H2,1H3,(H,27,30)(H,28,31)/t17-,23+/m1/s1. The molecule has 2 aromatic rings. The molecular formula is C25H27N3O4. The first-order valence-electron chi connectivity index (χ1n) is 10.5. The lowest BCUT2D eigenvalue weighted by molar-refractivity contribution is -0.133. The highest BCUT2D eigenvalue weighted by Crippen LogP contribution is 2.19. The number of amides is 2. The number of nitrogens with one attached hydrogen (secondary N) is 3. The number of hydrogen-bond acceptors (Lipinski definition) is 5. The fraction of sp³-hybridized carbons (Fsp3) is 0.280. The Morgan fingerprint density at radius 2 is 1.81 bits per heavy atom. The van der Waals surface area contributed by atoms with Crippen molar-refractivity contribution in [3.05, 3.63) is 76.9 Å². The van der Waals surface area contributed by atoms with Gasteiger partial charge in [0.15, 0.2) is 0 Å². The normalized spacial score (nSPS) is 14.8. The maximum absolute atomic E-state index is 12.3. The molecule has 1 aliphatic carbocycles. The van der Waals surface area contributed by atoms with Gasteiger partial charge in [-0.25, -0.2) is 5.48 Å². The summed E-state index contributed by atoms with van der Waals surface area (Å²) in [6, 6.07) is 14.3. The molecule has 5 N–H and O–H groups in total. The highest BCUT2D eigenvalue weighted by molar-refractivity contribution is 5.97. The van der Waals surface area contributed by atoms with Crippen LogP contribution in [0.1, 0.15) is 46.8 Å². The number of benzene rings is 2. The SMILES string of the molecule is C[C@@H](O)[C@H](NC(=O)c1ccc(C#CC=Cc2ccc(CNC3CC3)cc2)cc1)C(=O)NO. The van der Waals surface area contributed by atoms with E-state index in [4.69, 9.17) is 5.21 Å². The van der Waals surface area contributed by atoms with Gasteiger partial charge >= 0.3 is 0 Å². The van der Waals surface area contributed by atoms with Crippen LogP contribution in [-0.4, -0.2) is 40.3 Å². The molecule has 0 radical (unpaired) electrons. The number of aliphatic hydroxyl groups excluding tert-OH is 1. The summed E-state index contributed by atoms with van der Waals surface area (Å²) in [5.41, 5.74) is 4.80. The molecule has 1 fully saturated rings. The molecular weight excluding hydrogens is 406 g/mol. The van der Waals surface area contributed by atoms with Gasteiger partial charge in [0, 0.05) is 23.7 Å². The molecule has 32 heavy (non-hydrogen) atoms. The zero-order valence-electron chi connectivity index (χ0n) is 17.8. The molecule has 1 saturated carbocycles. The summed E-state index contributed by atoms with van der Waals surface area (Å²) in [7, 11) is 0. The summed E-state index contributed by atoms with van der Waals surface area (Å²) in [4.78, 5) is 23.8. The third-order valence-electron chi connectivity index (χ3n) is 5.04. The molecule has 2 atom stereocenters. The lowest BCUT2D eigenvalue weighted by atomic mass is 10.1. The average Bonchev–Trinajstić information content (AvgIpc) is 3.64. The van der Waals surface area contributed by atoms with E-state index in [1.807, 2.05) is 6.08 Å². The van der Waals surface area contributed by atoms with Crippen molar-refractivity contribution in [1.82, 2.24) is 16.1 Å². The van der Waals surface area contributed by atoms with Gasteiger partial charge in [0.25, 0.3) is 11.8 Å². The van der Waals surface area contributed by atoms with Crippen molar-refractivity contribution in [2.24, 2.45) is 0 Å². The van der Waals surface area contributed by atoms with Crippen LogP contribution in [0.3, 0.4) is 0 Å². The Kier molecular flexibility index (Phi) is 8.17. The molecule has 0 bridgehead atoms. The van der Waals surface area contributed by atoms with E-state index in [1.165, 1.54) is 30.8 Å². The Hall–Kier alpha value is -3.44. The van der Waals surface area contributed by atoms with Crippen molar-refractivity contribution >= 4 is 17.9 Å². The molecule has 2 aromatic carbocycles. The van der Waals surface area contributed by atoms with E-state index in [0.29, 0.717) is 11.6 Å². The summed E-state index contributed by atoms with van der Waals surface area (Å²) in [5, 5.41) is 24.2. The van der Waals surface area contributed by atoms with Gasteiger partial charge in [0.2, 0.25) is 0 Å². The molecule has 1 aliphatic rings. The van der Waals surface area contributed by atoms with Gasteiger partial charge in [-0.3, -0.25) is 14.8 Å². The van der Waals surface area contributed by atoms with Gasteiger partial charge in [-0.05, 0) is 67.3 Å². The minimum atomic E-state index is -1.26. The van der Waals surface area contributed by atoms with Crippen molar-refractivity contribution in [3.63, 3.8) is 0 Å². The van der Waals surface area contributed by atoms with E-state index < -0.39 is 24.0 Å². The van der Waals surface area contributed by atoms with E-state index in [9.17, 15) is 14.7 Å². The maximum atomic E-state index is 12.3. The summed E-state index contributed by atoms with van der Waals surface area (Å²) in [6.45, 7) is 2.24. The number of hydrogen-bond donors (Lipinski definition) is 5. The Morgan fingerprint density at radius 1 is 1.12 bits per heavy atom. The minimum absolute atomic E-state index is 0.304. The monoisotopic (exact) mass is 433 g/mol. The number of carbonyl (C=O) groups is 2. The van der Waals surface area contributed by atoms with Crippen LogP contribution < -0.4 is 16.1 Å². The Balaban J connectivity index is 1.53. The molecule has 0 saturated heterocycles. The summed E-state index contributed by atoms with van der Waals surface area (Å²) < 4.78 is 0. The topological polar surface area (TPSA) is 111 Å². The van der Waals surface area contributed by atoms with Crippen LogP contribution in [0.2, 0.25) is 0 Å². The third kappa shape index (κ3) is 7.06. The smallest absolute Gasteiger partial charge is 0.268 e. The van der Waals surface area contributed by atoms with Crippen LogP contribution in [0.4, 0.5) is 0 Å². The molecule has 2 amide bonds. The number of rotatable bonds is 8. The third-order valence-corrected chi connectivity index (χ3v) is 5.04. The number of aliphatic hydroxyl groups is 1. The van der Waals surface area contributed by atoms with Crippen LogP contribution in [0, 0.1) is 11.8 Å². The molecule has 3 rings (SSSR count). The van der Waals surface area contributed by atoms with Crippen molar-refractivity contribution in [1.29, 1.82) is 0 Å². The Labute approximate surface area is 187 Å². The van der Waals surface area contributed by atoms with E-state index in [-0.39, 0.29) is 0 Å². The molecule has 166 valence electrons. The van der Waals surface area contributed by atoms with E-state index in [1.54, 1.807) is 30.3 Å². The second-order valence-corrected chi connectivity index (χ2v) is 7.74. The maximum Gasteiger partial charge on any atom is 0.268 e. The quantitative estimate of drug-likeness (QED) is 0.248. The second-order valence-electron chi connectivity index (χ2n) is 7.74. The van der Waals surface area contributed by atoms with Gasteiger partial charge in [-0.15, -0.1) is 0 Å². The van der Waals surface area contributed by atoms with Crippen LogP contribution in [0.25, 0.3) is 6.08 Å². The first-order valence-corrected chi connectivity index (χ1v) is 10.5. The lowest BCUT2D eigenvalue weighted by Gasteiger charge is -2.19. The minimum Gasteiger partial charge on any atom is -0.391 e.